The monoisotopic (exact) mass is 248 g/mol. The van der Waals surface area contributed by atoms with Crippen LogP contribution in [0.3, 0.4) is 0 Å². The van der Waals surface area contributed by atoms with E-state index in [1.807, 2.05) is 4.90 Å². The molecule has 2 fully saturated rings. The highest BCUT2D eigenvalue weighted by Crippen LogP contribution is 2.33. The maximum Gasteiger partial charge on any atom is 0.240 e. The van der Waals surface area contributed by atoms with Crippen molar-refractivity contribution >= 4 is 5.91 Å². The molecular weight excluding hydrogens is 224 g/mol. The average Bonchev–Trinajstić information content (AvgIpc) is 2.82. The summed E-state index contributed by atoms with van der Waals surface area (Å²) in [6.07, 6.45) is 9.60. The predicted octanol–water partition coefficient (Wildman–Crippen LogP) is 2.09. The third-order valence-corrected chi connectivity index (χ3v) is 4.91. The van der Waals surface area contributed by atoms with E-state index >= 15 is 0 Å². The molecule has 3 unspecified atom stereocenters. The van der Waals surface area contributed by atoms with Crippen molar-refractivity contribution in [2.45, 2.75) is 57.5 Å². The van der Waals surface area contributed by atoms with Gasteiger partial charge in [0.2, 0.25) is 5.91 Å². The van der Waals surface area contributed by atoms with Crippen LogP contribution in [0.15, 0.2) is 11.6 Å². The Balaban J connectivity index is 1.60. The molecule has 0 aromatic heterocycles. The number of nitrogens with zero attached hydrogens (tertiary/aromatic N) is 1. The van der Waals surface area contributed by atoms with E-state index in [1.54, 1.807) is 0 Å². The molecule has 1 aliphatic carbocycles. The molecule has 18 heavy (non-hydrogen) atoms. The summed E-state index contributed by atoms with van der Waals surface area (Å²) in [5.41, 5.74) is 1.42. The van der Waals surface area contributed by atoms with Gasteiger partial charge in [-0.05, 0) is 38.5 Å². The number of hydrogen-bond acceptors (Lipinski definition) is 2. The lowest BCUT2D eigenvalue weighted by Gasteiger charge is -2.28. The fourth-order valence-electron chi connectivity index (χ4n) is 3.70. The zero-order valence-corrected chi connectivity index (χ0v) is 11.3. The Morgan fingerprint density at radius 2 is 2.22 bits per heavy atom. The molecule has 0 aromatic carbocycles. The summed E-state index contributed by atoms with van der Waals surface area (Å²) >= 11 is 0. The maximum absolute atomic E-state index is 12.5. The molecule has 0 radical (unpaired) electrons. The Hall–Kier alpha value is -0.830. The molecule has 0 spiro atoms. The lowest BCUT2D eigenvalue weighted by Crippen LogP contribution is -2.46. The van der Waals surface area contributed by atoms with E-state index in [2.05, 4.69) is 18.3 Å². The molecule has 1 amide bonds. The van der Waals surface area contributed by atoms with Gasteiger partial charge in [0.05, 0.1) is 6.04 Å². The maximum atomic E-state index is 12.5. The van der Waals surface area contributed by atoms with Crippen LogP contribution in [0.2, 0.25) is 0 Å². The molecule has 2 heterocycles. The van der Waals surface area contributed by atoms with E-state index in [0.29, 0.717) is 11.9 Å². The van der Waals surface area contributed by atoms with Gasteiger partial charge < -0.3 is 10.2 Å². The van der Waals surface area contributed by atoms with Crippen LogP contribution in [-0.4, -0.2) is 36.0 Å². The molecule has 100 valence electrons. The van der Waals surface area contributed by atoms with Crippen molar-refractivity contribution < 1.29 is 4.79 Å². The number of rotatable bonds is 1. The third-order valence-electron chi connectivity index (χ3n) is 4.91. The van der Waals surface area contributed by atoms with Crippen molar-refractivity contribution in [2.24, 2.45) is 5.92 Å². The van der Waals surface area contributed by atoms with E-state index in [4.69, 9.17) is 0 Å². The predicted molar refractivity (Wildman–Crippen MR) is 72.2 cm³/mol. The first-order valence-electron chi connectivity index (χ1n) is 7.44. The molecule has 3 heteroatoms. The molecule has 1 saturated carbocycles. The summed E-state index contributed by atoms with van der Waals surface area (Å²) in [5.74, 6) is 1.10. The van der Waals surface area contributed by atoms with Gasteiger partial charge >= 0.3 is 0 Å². The second-order valence-electron chi connectivity index (χ2n) is 6.19. The van der Waals surface area contributed by atoms with Gasteiger partial charge in [-0.2, -0.15) is 0 Å². The van der Waals surface area contributed by atoms with E-state index in [0.717, 1.165) is 31.8 Å². The number of amides is 1. The van der Waals surface area contributed by atoms with Gasteiger partial charge in [-0.15, -0.1) is 0 Å². The largest absolute Gasteiger partial charge is 0.337 e. The fourth-order valence-corrected chi connectivity index (χ4v) is 3.70. The molecule has 1 saturated heterocycles. The highest BCUT2D eigenvalue weighted by Gasteiger charge is 2.39. The first kappa shape index (κ1) is 12.2. The van der Waals surface area contributed by atoms with Gasteiger partial charge in [0, 0.05) is 19.1 Å². The Bertz CT molecular complexity index is 350. The molecule has 2 aliphatic heterocycles. The van der Waals surface area contributed by atoms with Crippen LogP contribution in [0, 0.1) is 5.92 Å². The second-order valence-corrected chi connectivity index (χ2v) is 6.19. The summed E-state index contributed by atoms with van der Waals surface area (Å²) in [6.45, 7) is 3.89. The average molecular weight is 248 g/mol. The molecule has 3 atom stereocenters. The highest BCUT2D eigenvalue weighted by atomic mass is 16.2. The minimum absolute atomic E-state index is 0.102. The summed E-state index contributed by atoms with van der Waals surface area (Å²) in [7, 11) is 0. The quantitative estimate of drug-likeness (QED) is 0.721. The summed E-state index contributed by atoms with van der Waals surface area (Å²) in [6, 6.07) is 0.722. The molecule has 3 aliphatic rings. The van der Waals surface area contributed by atoms with E-state index < -0.39 is 0 Å². The van der Waals surface area contributed by atoms with Gasteiger partial charge in [-0.3, -0.25) is 4.79 Å². The summed E-state index contributed by atoms with van der Waals surface area (Å²) < 4.78 is 0. The standard InChI is InChI=1S/C15H24N2O/c1-11-6-8-17(9-7-11)15(18)14-10-12-4-2-3-5-13(12)16-14/h6,12-14,16H,2-5,7-10H2,1H3. The molecule has 0 aromatic rings. The van der Waals surface area contributed by atoms with Crippen LogP contribution in [0.1, 0.15) is 45.4 Å². The van der Waals surface area contributed by atoms with Crippen molar-refractivity contribution in [2.75, 3.05) is 13.1 Å². The van der Waals surface area contributed by atoms with Crippen LogP contribution in [0.5, 0.6) is 0 Å². The molecular formula is C15H24N2O. The minimum atomic E-state index is 0.102. The Morgan fingerprint density at radius 1 is 1.39 bits per heavy atom. The first-order chi connectivity index (χ1) is 8.74. The molecule has 1 N–H and O–H groups in total. The van der Waals surface area contributed by atoms with E-state index in [1.165, 1.54) is 31.3 Å². The summed E-state index contributed by atoms with van der Waals surface area (Å²) in [4.78, 5) is 14.5. The fraction of sp³-hybridized carbons (Fsp3) is 0.800. The van der Waals surface area contributed by atoms with Crippen LogP contribution >= 0.6 is 0 Å². The van der Waals surface area contributed by atoms with Crippen molar-refractivity contribution in [1.82, 2.24) is 10.2 Å². The van der Waals surface area contributed by atoms with Gasteiger partial charge in [0.1, 0.15) is 0 Å². The van der Waals surface area contributed by atoms with Crippen LogP contribution < -0.4 is 5.32 Å². The number of hydrogen-bond donors (Lipinski definition) is 1. The van der Waals surface area contributed by atoms with Crippen molar-refractivity contribution in [1.29, 1.82) is 0 Å². The lowest BCUT2D eigenvalue weighted by atomic mass is 9.85. The molecule has 0 bridgehead atoms. The van der Waals surface area contributed by atoms with E-state index in [9.17, 15) is 4.79 Å². The zero-order chi connectivity index (χ0) is 12.5. The number of carbonyl (C=O) groups is 1. The highest BCUT2D eigenvalue weighted by molar-refractivity contribution is 5.82. The van der Waals surface area contributed by atoms with Gasteiger partial charge in [-0.1, -0.05) is 24.5 Å². The number of carbonyl (C=O) groups excluding carboxylic acids is 1. The van der Waals surface area contributed by atoms with Crippen molar-refractivity contribution in [3.8, 4) is 0 Å². The SMILES string of the molecule is CC1=CCN(C(=O)C2CC3CCCCC3N2)CC1. The summed E-state index contributed by atoms with van der Waals surface area (Å²) in [5, 5.41) is 3.59. The van der Waals surface area contributed by atoms with E-state index in [-0.39, 0.29) is 6.04 Å². The van der Waals surface area contributed by atoms with Crippen LogP contribution in [-0.2, 0) is 4.79 Å². The van der Waals surface area contributed by atoms with Crippen molar-refractivity contribution in [3.63, 3.8) is 0 Å². The minimum Gasteiger partial charge on any atom is -0.337 e. The number of fused-ring (bicyclic) bond motifs is 1. The zero-order valence-electron chi connectivity index (χ0n) is 11.3. The van der Waals surface area contributed by atoms with Crippen LogP contribution in [0.25, 0.3) is 0 Å². The topological polar surface area (TPSA) is 32.3 Å². The first-order valence-corrected chi connectivity index (χ1v) is 7.44. The van der Waals surface area contributed by atoms with Crippen molar-refractivity contribution in [3.05, 3.63) is 11.6 Å². The van der Waals surface area contributed by atoms with Gasteiger partial charge in [0.25, 0.3) is 0 Å². The Morgan fingerprint density at radius 3 is 2.94 bits per heavy atom. The Labute approximate surface area is 110 Å². The van der Waals surface area contributed by atoms with Gasteiger partial charge in [0.15, 0.2) is 0 Å². The lowest BCUT2D eigenvalue weighted by molar-refractivity contribution is -0.132. The third kappa shape index (κ3) is 2.33. The smallest absolute Gasteiger partial charge is 0.240 e. The normalized spacial score (nSPS) is 36.2. The second kappa shape index (κ2) is 5.04. The van der Waals surface area contributed by atoms with Gasteiger partial charge in [-0.25, -0.2) is 0 Å². The Kier molecular flexibility index (Phi) is 3.42. The van der Waals surface area contributed by atoms with Crippen LogP contribution in [0.4, 0.5) is 0 Å². The number of nitrogens with one attached hydrogen (secondary N) is 1. The molecule has 3 rings (SSSR count). The molecule has 3 nitrogen and oxygen atoms in total.